The number of aryl methyl sites for hydroxylation is 1. The molecule has 4 nitrogen and oxygen atoms in total. The maximum absolute atomic E-state index is 4.85. The van der Waals surface area contributed by atoms with Crippen LogP contribution in [-0.4, -0.2) is 32.7 Å². The molecule has 3 rings (SSSR count). The Labute approximate surface area is 120 Å². The second kappa shape index (κ2) is 5.37. The summed E-state index contributed by atoms with van der Waals surface area (Å²) < 4.78 is 0. The zero-order chi connectivity index (χ0) is 14.1. The fourth-order valence-electron chi connectivity index (χ4n) is 3.05. The van der Waals surface area contributed by atoms with Gasteiger partial charge in [0.2, 0.25) is 0 Å². The van der Waals surface area contributed by atoms with Crippen molar-refractivity contribution in [3.05, 3.63) is 35.7 Å². The lowest BCUT2D eigenvalue weighted by Crippen LogP contribution is -2.30. The Hall–Kier alpha value is -1.68. The van der Waals surface area contributed by atoms with E-state index in [9.17, 15) is 0 Å². The fraction of sp³-hybridized carbons (Fsp3) is 0.500. The number of hydrogen-bond donors (Lipinski definition) is 1. The smallest absolute Gasteiger partial charge is 0.111 e. The van der Waals surface area contributed by atoms with Crippen molar-refractivity contribution in [3.63, 3.8) is 0 Å². The molecule has 106 valence electrons. The molecule has 0 aliphatic carbocycles. The van der Waals surface area contributed by atoms with E-state index in [4.69, 9.17) is 4.98 Å². The van der Waals surface area contributed by atoms with Crippen LogP contribution in [0.15, 0.2) is 24.3 Å². The van der Waals surface area contributed by atoms with Crippen LogP contribution in [-0.2, 0) is 0 Å². The minimum Gasteiger partial charge on any atom is -0.292 e. The summed E-state index contributed by atoms with van der Waals surface area (Å²) in [7, 11) is 0. The summed E-state index contributed by atoms with van der Waals surface area (Å²) in [6.07, 6.45) is 2.46. The van der Waals surface area contributed by atoms with E-state index in [-0.39, 0.29) is 0 Å². The van der Waals surface area contributed by atoms with Crippen molar-refractivity contribution in [3.8, 4) is 11.4 Å². The largest absolute Gasteiger partial charge is 0.292 e. The van der Waals surface area contributed by atoms with Crippen LogP contribution in [0.2, 0.25) is 0 Å². The van der Waals surface area contributed by atoms with E-state index in [2.05, 4.69) is 41.1 Å². The number of rotatable bonds is 3. The van der Waals surface area contributed by atoms with Gasteiger partial charge in [-0.1, -0.05) is 6.07 Å². The first-order valence-electron chi connectivity index (χ1n) is 7.40. The first-order valence-corrected chi connectivity index (χ1v) is 7.40. The van der Waals surface area contributed by atoms with Gasteiger partial charge in [-0.15, -0.1) is 0 Å². The number of H-pyrrole nitrogens is 1. The monoisotopic (exact) mass is 270 g/mol. The number of aromatic nitrogens is 3. The van der Waals surface area contributed by atoms with Crippen LogP contribution >= 0.6 is 0 Å². The Morgan fingerprint density at radius 1 is 1.30 bits per heavy atom. The zero-order valence-electron chi connectivity index (χ0n) is 12.4. The van der Waals surface area contributed by atoms with Gasteiger partial charge in [-0.25, -0.2) is 4.98 Å². The Bertz CT molecular complexity index is 588. The predicted molar refractivity (Wildman–Crippen MR) is 80.4 cm³/mol. The van der Waals surface area contributed by atoms with Crippen LogP contribution in [0, 0.1) is 6.92 Å². The number of nitrogens with zero attached hydrogens (tertiary/aromatic N) is 3. The van der Waals surface area contributed by atoms with Gasteiger partial charge in [-0.2, -0.15) is 5.10 Å². The van der Waals surface area contributed by atoms with Gasteiger partial charge in [-0.05, 0) is 58.4 Å². The quantitative estimate of drug-likeness (QED) is 0.930. The summed E-state index contributed by atoms with van der Waals surface area (Å²) in [5.74, 6) is 0. The average molecular weight is 270 g/mol. The first-order chi connectivity index (χ1) is 9.65. The van der Waals surface area contributed by atoms with E-state index in [0.29, 0.717) is 12.1 Å². The summed E-state index contributed by atoms with van der Waals surface area (Å²) >= 11 is 0. The normalized spacial score (nSPS) is 19.9. The molecule has 1 aliphatic heterocycles. The van der Waals surface area contributed by atoms with Crippen molar-refractivity contribution < 1.29 is 0 Å². The van der Waals surface area contributed by atoms with Crippen LogP contribution in [0.5, 0.6) is 0 Å². The third-order valence-electron chi connectivity index (χ3n) is 4.04. The van der Waals surface area contributed by atoms with Crippen LogP contribution in [0.4, 0.5) is 0 Å². The predicted octanol–water partition coefficient (Wildman–Crippen LogP) is 3.33. The summed E-state index contributed by atoms with van der Waals surface area (Å²) in [4.78, 5) is 7.39. The molecule has 1 unspecified atom stereocenters. The van der Waals surface area contributed by atoms with Crippen LogP contribution in [0.3, 0.4) is 0 Å². The highest BCUT2D eigenvalue weighted by atomic mass is 15.2. The molecule has 20 heavy (non-hydrogen) atoms. The molecule has 1 N–H and O–H groups in total. The van der Waals surface area contributed by atoms with Gasteiger partial charge in [0.1, 0.15) is 5.69 Å². The van der Waals surface area contributed by atoms with E-state index < -0.39 is 0 Å². The molecular weight excluding hydrogens is 248 g/mol. The summed E-state index contributed by atoms with van der Waals surface area (Å²) in [5, 5.41) is 7.29. The highest BCUT2D eigenvalue weighted by molar-refractivity contribution is 5.54. The number of likely N-dealkylation sites (tertiary alicyclic amines) is 1. The minimum absolute atomic E-state index is 0.454. The van der Waals surface area contributed by atoms with E-state index in [1.807, 2.05) is 19.1 Å². The summed E-state index contributed by atoms with van der Waals surface area (Å²) in [6.45, 7) is 7.71. The molecule has 1 atom stereocenters. The molecule has 0 amide bonds. The molecule has 4 heteroatoms. The molecule has 1 fully saturated rings. The Morgan fingerprint density at radius 3 is 2.85 bits per heavy atom. The minimum atomic E-state index is 0.454. The molecule has 2 aromatic rings. The molecule has 0 spiro atoms. The molecule has 3 heterocycles. The third kappa shape index (κ3) is 2.48. The van der Waals surface area contributed by atoms with E-state index in [1.54, 1.807) is 0 Å². The lowest BCUT2D eigenvalue weighted by molar-refractivity contribution is 0.202. The summed E-state index contributed by atoms with van der Waals surface area (Å²) in [6, 6.07) is 9.34. The topological polar surface area (TPSA) is 44.8 Å². The van der Waals surface area contributed by atoms with Crippen molar-refractivity contribution in [1.29, 1.82) is 0 Å². The van der Waals surface area contributed by atoms with E-state index >= 15 is 0 Å². The molecule has 2 aromatic heterocycles. The fourth-order valence-corrected chi connectivity index (χ4v) is 3.05. The molecular formula is C16H22N4. The van der Waals surface area contributed by atoms with Crippen LogP contribution in [0.25, 0.3) is 11.4 Å². The van der Waals surface area contributed by atoms with E-state index in [0.717, 1.165) is 17.1 Å². The Morgan fingerprint density at radius 2 is 2.15 bits per heavy atom. The lowest BCUT2D eigenvalue weighted by atomic mass is 10.1. The second-order valence-corrected chi connectivity index (χ2v) is 5.87. The van der Waals surface area contributed by atoms with Crippen molar-refractivity contribution in [1.82, 2.24) is 20.1 Å². The van der Waals surface area contributed by atoms with Gasteiger partial charge >= 0.3 is 0 Å². The maximum Gasteiger partial charge on any atom is 0.111 e. The summed E-state index contributed by atoms with van der Waals surface area (Å²) in [5.41, 5.74) is 4.13. The van der Waals surface area contributed by atoms with Gasteiger partial charge in [-0.3, -0.25) is 10.00 Å². The van der Waals surface area contributed by atoms with Crippen LogP contribution in [0.1, 0.15) is 44.1 Å². The molecule has 0 radical (unpaired) electrons. The highest BCUT2D eigenvalue weighted by Crippen LogP contribution is 2.33. The maximum atomic E-state index is 4.85. The van der Waals surface area contributed by atoms with Crippen molar-refractivity contribution in [2.75, 3.05) is 6.54 Å². The van der Waals surface area contributed by atoms with Gasteiger partial charge in [0, 0.05) is 11.7 Å². The van der Waals surface area contributed by atoms with Gasteiger partial charge in [0.05, 0.1) is 17.4 Å². The van der Waals surface area contributed by atoms with Crippen molar-refractivity contribution >= 4 is 0 Å². The number of aromatic amines is 1. The van der Waals surface area contributed by atoms with E-state index in [1.165, 1.54) is 25.1 Å². The van der Waals surface area contributed by atoms with Crippen molar-refractivity contribution in [2.24, 2.45) is 0 Å². The lowest BCUT2D eigenvalue weighted by Gasteiger charge is -2.28. The molecule has 0 bridgehead atoms. The van der Waals surface area contributed by atoms with Gasteiger partial charge < -0.3 is 0 Å². The van der Waals surface area contributed by atoms with Crippen molar-refractivity contribution in [2.45, 2.75) is 45.7 Å². The van der Waals surface area contributed by atoms with Gasteiger partial charge in [0.15, 0.2) is 0 Å². The molecule has 0 aromatic carbocycles. The Balaban J connectivity index is 1.91. The standard InChI is InChI=1S/C16H22N4/c1-11(2)20-9-5-8-16(20)14-7-4-6-13(17-14)15-10-12(3)18-19-15/h4,6-7,10-11,16H,5,8-9H2,1-3H3,(H,18,19). The SMILES string of the molecule is Cc1cc(-c2cccc(C3CCCN3C(C)C)n2)n[nH]1. The second-order valence-electron chi connectivity index (χ2n) is 5.87. The van der Waals surface area contributed by atoms with Crippen LogP contribution < -0.4 is 0 Å². The average Bonchev–Trinajstić information content (AvgIpc) is 3.07. The molecule has 1 aliphatic rings. The molecule has 0 saturated carbocycles. The number of hydrogen-bond acceptors (Lipinski definition) is 3. The zero-order valence-corrected chi connectivity index (χ0v) is 12.4. The Kier molecular flexibility index (Phi) is 3.57. The first kappa shape index (κ1) is 13.3. The number of pyridine rings is 1. The third-order valence-corrected chi connectivity index (χ3v) is 4.04. The highest BCUT2D eigenvalue weighted by Gasteiger charge is 2.28. The number of nitrogens with one attached hydrogen (secondary N) is 1. The van der Waals surface area contributed by atoms with Gasteiger partial charge in [0.25, 0.3) is 0 Å². The molecule has 1 saturated heterocycles.